The molecule has 9 heteroatoms. The number of morpholine rings is 1. The van der Waals surface area contributed by atoms with E-state index in [-0.39, 0.29) is 29.8 Å². The second-order valence-corrected chi connectivity index (χ2v) is 8.62. The minimum Gasteiger partial charge on any atom is -0.438 e. The van der Waals surface area contributed by atoms with Crippen LogP contribution in [0.15, 0.2) is 52.0 Å². The van der Waals surface area contributed by atoms with Gasteiger partial charge in [0.1, 0.15) is 0 Å². The molecule has 1 aromatic carbocycles. The lowest BCUT2D eigenvalue weighted by molar-refractivity contribution is 0.0696. The molecule has 2 aromatic rings. The number of carbonyl (C=O) groups is 1. The summed E-state index contributed by atoms with van der Waals surface area (Å²) in [7, 11) is -3.74. The lowest BCUT2D eigenvalue weighted by atomic mass is 10.2. The van der Waals surface area contributed by atoms with Gasteiger partial charge in [0.15, 0.2) is 5.76 Å². The zero-order valence-corrected chi connectivity index (χ0v) is 16.3. The van der Waals surface area contributed by atoms with Crippen molar-refractivity contribution in [3.05, 3.63) is 48.2 Å². The topological polar surface area (TPSA) is 83.3 Å². The fourth-order valence-electron chi connectivity index (χ4n) is 3.45. The van der Waals surface area contributed by atoms with E-state index in [2.05, 4.69) is 4.90 Å². The number of benzene rings is 1. The molecule has 0 N–H and O–H groups in total. The first-order valence-electron chi connectivity index (χ1n) is 9.33. The number of rotatable bonds is 4. The number of anilines is 1. The highest BCUT2D eigenvalue weighted by atomic mass is 32.2. The molecule has 0 saturated carbocycles. The van der Waals surface area contributed by atoms with E-state index in [9.17, 15) is 13.2 Å². The Morgan fingerprint density at radius 1 is 0.857 bits per heavy atom. The van der Waals surface area contributed by atoms with Gasteiger partial charge in [-0.1, -0.05) is 18.2 Å². The standard InChI is InChI=1S/C19H23N3O5S/c23-19(21-10-8-20(9-11-21)16-4-2-1-3-5-16)17-6-7-18(27-17)28(24,25)22-12-14-26-15-13-22/h1-7H,8-15H2. The van der Waals surface area contributed by atoms with Crippen LogP contribution in [0.3, 0.4) is 0 Å². The summed E-state index contributed by atoms with van der Waals surface area (Å²) in [5, 5.41) is -0.194. The summed E-state index contributed by atoms with van der Waals surface area (Å²) in [4.78, 5) is 16.7. The third-order valence-electron chi connectivity index (χ3n) is 5.04. The van der Waals surface area contributed by atoms with Gasteiger partial charge >= 0.3 is 0 Å². The van der Waals surface area contributed by atoms with Crippen molar-refractivity contribution in [3.63, 3.8) is 0 Å². The maximum atomic E-state index is 12.7. The van der Waals surface area contributed by atoms with Crippen molar-refractivity contribution >= 4 is 21.6 Å². The Morgan fingerprint density at radius 3 is 2.21 bits per heavy atom. The number of para-hydroxylation sites is 1. The van der Waals surface area contributed by atoms with Crippen molar-refractivity contribution in [1.29, 1.82) is 0 Å². The van der Waals surface area contributed by atoms with Crippen LogP contribution in [0.1, 0.15) is 10.6 Å². The number of carbonyl (C=O) groups excluding carboxylic acids is 1. The van der Waals surface area contributed by atoms with E-state index < -0.39 is 10.0 Å². The largest absolute Gasteiger partial charge is 0.438 e. The normalized spacial score (nSPS) is 19.0. The van der Waals surface area contributed by atoms with Crippen molar-refractivity contribution in [3.8, 4) is 0 Å². The third-order valence-corrected chi connectivity index (χ3v) is 6.82. The van der Waals surface area contributed by atoms with E-state index in [0.717, 1.165) is 18.8 Å². The van der Waals surface area contributed by atoms with Crippen LogP contribution in [0.2, 0.25) is 0 Å². The number of amides is 1. The zero-order valence-electron chi connectivity index (χ0n) is 15.5. The smallest absolute Gasteiger partial charge is 0.289 e. The lowest BCUT2D eigenvalue weighted by Crippen LogP contribution is -2.48. The van der Waals surface area contributed by atoms with E-state index in [4.69, 9.17) is 9.15 Å². The van der Waals surface area contributed by atoms with Crippen LogP contribution in [-0.4, -0.2) is 76.0 Å². The van der Waals surface area contributed by atoms with Crippen molar-refractivity contribution < 1.29 is 22.4 Å². The monoisotopic (exact) mass is 405 g/mol. The van der Waals surface area contributed by atoms with Gasteiger partial charge in [0.25, 0.3) is 15.9 Å². The summed E-state index contributed by atoms with van der Waals surface area (Å²) in [6, 6.07) is 12.9. The first-order chi connectivity index (χ1) is 13.6. The van der Waals surface area contributed by atoms with Crippen LogP contribution in [0.4, 0.5) is 5.69 Å². The van der Waals surface area contributed by atoms with Gasteiger partial charge in [0.2, 0.25) is 5.09 Å². The van der Waals surface area contributed by atoms with E-state index in [1.54, 1.807) is 4.90 Å². The third kappa shape index (κ3) is 3.78. The molecule has 0 aliphatic carbocycles. The summed E-state index contributed by atoms with van der Waals surface area (Å²) >= 11 is 0. The Labute approximate surface area is 164 Å². The molecule has 1 amide bonds. The van der Waals surface area contributed by atoms with Crippen LogP contribution in [0.5, 0.6) is 0 Å². The summed E-state index contributed by atoms with van der Waals surface area (Å²) < 4.78 is 37.3. The van der Waals surface area contributed by atoms with Crippen LogP contribution >= 0.6 is 0 Å². The van der Waals surface area contributed by atoms with Crippen molar-refractivity contribution in [2.45, 2.75) is 5.09 Å². The molecule has 2 aliphatic heterocycles. The molecular weight excluding hydrogens is 382 g/mol. The number of piperazine rings is 1. The van der Waals surface area contributed by atoms with Crippen molar-refractivity contribution in [2.24, 2.45) is 0 Å². The van der Waals surface area contributed by atoms with Gasteiger partial charge in [-0.3, -0.25) is 4.79 Å². The SMILES string of the molecule is O=C(c1ccc(S(=O)(=O)N2CCOCC2)o1)N1CCN(c2ccccc2)CC1. The molecule has 1 aromatic heterocycles. The number of hydrogen-bond donors (Lipinski definition) is 0. The molecule has 4 rings (SSSR count). The quantitative estimate of drug-likeness (QED) is 0.762. The number of sulfonamides is 1. The molecule has 2 fully saturated rings. The number of nitrogens with zero attached hydrogens (tertiary/aromatic N) is 3. The molecule has 0 radical (unpaired) electrons. The fraction of sp³-hybridized carbons (Fsp3) is 0.421. The summed E-state index contributed by atoms with van der Waals surface area (Å²) in [6.45, 7) is 3.83. The molecule has 3 heterocycles. The zero-order chi connectivity index (χ0) is 19.6. The molecule has 2 saturated heterocycles. The molecule has 28 heavy (non-hydrogen) atoms. The van der Waals surface area contributed by atoms with Crippen LogP contribution < -0.4 is 4.90 Å². The molecule has 8 nitrogen and oxygen atoms in total. The maximum Gasteiger partial charge on any atom is 0.289 e. The number of hydrogen-bond acceptors (Lipinski definition) is 6. The molecule has 0 atom stereocenters. The Bertz CT molecular complexity index is 914. The Morgan fingerprint density at radius 2 is 1.54 bits per heavy atom. The predicted molar refractivity (Wildman–Crippen MR) is 103 cm³/mol. The maximum absolute atomic E-state index is 12.7. The van der Waals surface area contributed by atoms with Gasteiger partial charge in [-0.25, -0.2) is 8.42 Å². The fourth-order valence-corrected chi connectivity index (χ4v) is 4.77. The summed E-state index contributed by atoms with van der Waals surface area (Å²) in [5.74, 6) is -0.226. The van der Waals surface area contributed by atoms with E-state index in [0.29, 0.717) is 26.3 Å². The van der Waals surface area contributed by atoms with Gasteiger partial charge in [-0.2, -0.15) is 4.31 Å². The first-order valence-corrected chi connectivity index (χ1v) is 10.8. The van der Waals surface area contributed by atoms with Gasteiger partial charge in [-0.05, 0) is 24.3 Å². The minimum atomic E-state index is -3.74. The van der Waals surface area contributed by atoms with E-state index in [1.807, 2.05) is 30.3 Å². The average molecular weight is 405 g/mol. The molecule has 2 aliphatic rings. The second-order valence-electron chi connectivity index (χ2n) is 6.75. The lowest BCUT2D eigenvalue weighted by Gasteiger charge is -2.35. The van der Waals surface area contributed by atoms with Crippen molar-refractivity contribution in [1.82, 2.24) is 9.21 Å². The van der Waals surface area contributed by atoms with Gasteiger partial charge < -0.3 is 19.0 Å². The van der Waals surface area contributed by atoms with Gasteiger partial charge in [0.05, 0.1) is 13.2 Å². The highest BCUT2D eigenvalue weighted by Gasteiger charge is 2.31. The summed E-state index contributed by atoms with van der Waals surface area (Å²) in [6.07, 6.45) is 0. The first kappa shape index (κ1) is 19.0. The Hall–Kier alpha value is -2.36. The molecule has 0 bridgehead atoms. The predicted octanol–water partition coefficient (Wildman–Crippen LogP) is 1.26. The van der Waals surface area contributed by atoms with Crippen LogP contribution in [0, 0.1) is 0 Å². The van der Waals surface area contributed by atoms with E-state index >= 15 is 0 Å². The number of furan rings is 1. The number of ether oxygens (including phenoxy) is 1. The molecule has 150 valence electrons. The highest BCUT2D eigenvalue weighted by molar-refractivity contribution is 7.89. The molecular formula is C19H23N3O5S. The van der Waals surface area contributed by atoms with Gasteiger partial charge in [-0.15, -0.1) is 0 Å². The van der Waals surface area contributed by atoms with E-state index in [1.165, 1.54) is 16.4 Å². The molecule has 0 unspecified atom stereocenters. The van der Waals surface area contributed by atoms with Gasteiger partial charge in [0, 0.05) is 45.0 Å². The van der Waals surface area contributed by atoms with Crippen LogP contribution in [-0.2, 0) is 14.8 Å². The highest BCUT2D eigenvalue weighted by Crippen LogP contribution is 2.22. The molecule has 0 spiro atoms. The minimum absolute atomic E-state index is 0.0556. The average Bonchev–Trinajstić information content (AvgIpc) is 3.26. The summed E-state index contributed by atoms with van der Waals surface area (Å²) in [5.41, 5.74) is 1.13. The second kappa shape index (κ2) is 7.94. The Balaban J connectivity index is 1.41. The van der Waals surface area contributed by atoms with Crippen LogP contribution in [0.25, 0.3) is 0 Å². The Kier molecular flexibility index (Phi) is 5.38. The van der Waals surface area contributed by atoms with Crippen molar-refractivity contribution in [2.75, 3.05) is 57.4 Å².